The highest BCUT2D eigenvalue weighted by atomic mass is 32.1. The molecule has 0 amide bonds. The molecule has 8 heteroatoms. The summed E-state index contributed by atoms with van der Waals surface area (Å²) in [5.41, 5.74) is 5.80. The molecule has 0 atom stereocenters. The minimum Gasteiger partial charge on any atom is -0.406 e. The summed E-state index contributed by atoms with van der Waals surface area (Å²) >= 11 is 5.59. The Kier molecular flexibility index (Phi) is 7.54. The Morgan fingerprint density at radius 1 is 1.08 bits per heavy atom. The van der Waals surface area contributed by atoms with Crippen LogP contribution in [0.25, 0.3) is 22.4 Å². The average molecular weight is 510 g/mol. The number of fused-ring (bicyclic) bond motifs is 1. The summed E-state index contributed by atoms with van der Waals surface area (Å²) in [5, 5.41) is 0. The molecule has 4 aromatic rings. The molecule has 0 radical (unpaired) electrons. The monoisotopic (exact) mass is 509 g/mol. The summed E-state index contributed by atoms with van der Waals surface area (Å²) in [6.45, 7) is 4.81. The predicted molar refractivity (Wildman–Crippen MR) is 142 cm³/mol. The predicted octanol–water partition coefficient (Wildman–Crippen LogP) is 7.29. The minimum atomic E-state index is -4.72. The number of ether oxygens (including phenoxy) is 1. The number of hydrogen-bond acceptors (Lipinski definition) is 4. The lowest BCUT2D eigenvalue weighted by Gasteiger charge is -2.12. The van der Waals surface area contributed by atoms with Gasteiger partial charge in [-0.3, -0.25) is 4.99 Å². The lowest BCUT2D eigenvalue weighted by atomic mass is 9.94. The van der Waals surface area contributed by atoms with Crippen LogP contribution in [0.4, 0.5) is 13.2 Å². The average Bonchev–Trinajstić information content (AvgIpc) is 3.14. The fourth-order valence-electron chi connectivity index (χ4n) is 4.14. The van der Waals surface area contributed by atoms with Gasteiger partial charge < -0.3 is 9.30 Å². The summed E-state index contributed by atoms with van der Waals surface area (Å²) in [6.07, 6.45) is -2.21. The maximum absolute atomic E-state index is 12.4. The Bertz CT molecular complexity index is 1410. The number of aromatic nitrogens is 2. The normalized spacial score (nSPS) is 12.1. The van der Waals surface area contributed by atoms with Gasteiger partial charge in [-0.05, 0) is 59.0 Å². The molecule has 186 valence electrons. The quantitative estimate of drug-likeness (QED) is 0.185. The molecular weight excluding hydrogens is 483 g/mol. The van der Waals surface area contributed by atoms with E-state index in [4.69, 9.17) is 12.2 Å². The number of rotatable bonds is 8. The van der Waals surface area contributed by atoms with Crippen molar-refractivity contribution in [2.45, 2.75) is 32.5 Å². The highest BCUT2D eigenvalue weighted by Crippen LogP contribution is 2.28. The third-order valence-electron chi connectivity index (χ3n) is 5.82. The fourth-order valence-corrected chi connectivity index (χ4v) is 4.37. The highest BCUT2D eigenvalue weighted by molar-refractivity contribution is 7.80. The van der Waals surface area contributed by atoms with Crippen molar-refractivity contribution in [2.24, 2.45) is 12.0 Å². The number of nitrogens with zero attached hydrogens (tertiary/aromatic N) is 3. The van der Waals surface area contributed by atoms with E-state index in [9.17, 15) is 13.2 Å². The van der Waals surface area contributed by atoms with E-state index in [1.54, 1.807) is 18.3 Å². The van der Waals surface area contributed by atoms with Crippen LogP contribution < -0.4 is 4.74 Å². The van der Waals surface area contributed by atoms with Crippen molar-refractivity contribution in [3.05, 3.63) is 83.4 Å². The Balaban J connectivity index is 1.46. The van der Waals surface area contributed by atoms with E-state index in [-0.39, 0.29) is 5.75 Å². The van der Waals surface area contributed by atoms with Gasteiger partial charge in [0, 0.05) is 30.1 Å². The second-order valence-corrected chi connectivity index (χ2v) is 9.43. The molecule has 0 unspecified atom stereocenters. The summed E-state index contributed by atoms with van der Waals surface area (Å²) in [6, 6.07) is 19.9. The van der Waals surface area contributed by atoms with Gasteiger partial charge in [0.05, 0.1) is 17.6 Å². The first-order valence-corrected chi connectivity index (χ1v) is 11.9. The molecule has 0 aliphatic carbocycles. The largest absolute Gasteiger partial charge is 0.573 e. The van der Waals surface area contributed by atoms with E-state index in [2.05, 4.69) is 46.8 Å². The molecule has 4 rings (SSSR count). The van der Waals surface area contributed by atoms with E-state index in [0.717, 1.165) is 27.9 Å². The van der Waals surface area contributed by atoms with Gasteiger partial charge in [-0.2, -0.15) is 0 Å². The second-order valence-electron chi connectivity index (χ2n) is 8.85. The third-order valence-corrected chi connectivity index (χ3v) is 6.10. The summed E-state index contributed by atoms with van der Waals surface area (Å²) in [5.74, 6) is 0.811. The molecule has 3 aromatic carbocycles. The zero-order valence-corrected chi connectivity index (χ0v) is 21.0. The molecule has 0 N–H and O–H groups in total. The van der Waals surface area contributed by atoms with Gasteiger partial charge in [0.2, 0.25) is 0 Å². The lowest BCUT2D eigenvalue weighted by Crippen LogP contribution is -2.16. The number of imidazole rings is 1. The van der Waals surface area contributed by atoms with Gasteiger partial charge in [-0.25, -0.2) is 4.98 Å². The highest BCUT2D eigenvalue weighted by Gasteiger charge is 2.31. The maximum atomic E-state index is 12.4. The molecule has 1 aromatic heterocycles. The van der Waals surface area contributed by atoms with Gasteiger partial charge in [0.25, 0.3) is 0 Å². The molecule has 0 aliphatic rings. The number of aryl methyl sites for hydroxylation is 1. The number of thiocarbonyl (C=S) groups is 1. The van der Waals surface area contributed by atoms with Crippen molar-refractivity contribution in [1.82, 2.24) is 9.55 Å². The minimum absolute atomic E-state index is 0.269. The number of halogens is 3. The molecule has 0 aliphatic heterocycles. The van der Waals surface area contributed by atoms with Crippen molar-refractivity contribution in [3.63, 3.8) is 0 Å². The van der Waals surface area contributed by atoms with Crippen LogP contribution in [0.5, 0.6) is 5.75 Å². The Labute approximate surface area is 213 Å². The van der Waals surface area contributed by atoms with E-state index >= 15 is 0 Å². The summed E-state index contributed by atoms with van der Waals surface area (Å²) < 4.78 is 43.1. The van der Waals surface area contributed by atoms with Crippen LogP contribution >= 0.6 is 12.2 Å². The van der Waals surface area contributed by atoms with Crippen LogP contribution in [-0.2, 0) is 13.5 Å². The zero-order valence-electron chi connectivity index (χ0n) is 20.2. The first-order valence-electron chi connectivity index (χ1n) is 11.5. The van der Waals surface area contributed by atoms with Crippen LogP contribution in [0.2, 0.25) is 0 Å². The van der Waals surface area contributed by atoms with Crippen molar-refractivity contribution >= 4 is 34.3 Å². The molecule has 1 heterocycles. The van der Waals surface area contributed by atoms with E-state index in [1.165, 1.54) is 23.3 Å². The molecule has 0 spiro atoms. The molecule has 0 bridgehead atoms. The molecule has 0 saturated heterocycles. The van der Waals surface area contributed by atoms with E-state index in [0.29, 0.717) is 23.9 Å². The zero-order chi connectivity index (χ0) is 25.9. The van der Waals surface area contributed by atoms with Crippen LogP contribution in [0.3, 0.4) is 0 Å². The Morgan fingerprint density at radius 3 is 2.50 bits per heavy atom. The van der Waals surface area contributed by atoms with Crippen LogP contribution in [-0.4, -0.2) is 33.5 Å². The summed E-state index contributed by atoms with van der Waals surface area (Å²) in [4.78, 5) is 10.1. The van der Waals surface area contributed by atoms with Gasteiger partial charge in [-0.15, -0.1) is 13.2 Å². The lowest BCUT2D eigenvalue weighted by molar-refractivity contribution is -0.274. The SMILES string of the molecule is CC(C)c1ccccc1CC(=S)CN=Cc1ccc2c(c1)nc(-c1ccc(OC(F)(F)F)cc1)n2C. The Morgan fingerprint density at radius 2 is 1.81 bits per heavy atom. The van der Waals surface area contributed by atoms with Gasteiger partial charge in [0.15, 0.2) is 0 Å². The maximum Gasteiger partial charge on any atom is 0.573 e. The van der Waals surface area contributed by atoms with Gasteiger partial charge in [0.1, 0.15) is 11.6 Å². The second kappa shape index (κ2) is 10.6. The molecule has 0 saturated carbocycles. The van der Waals surface area contributed by atoms with Crippen molar-refractivity contribution in [1.29, 1.82) is 0 Å². The number of hydrogen-bond donors (Lipinski definition) is 0. The first-order chi connectivity index (χ1) is 17.1. The summed E-state index contributed by atoms with van der Waals surface area (Å²) in [7, 11) is 1.87. The first kappa shape index (κ1) is 25.6. The van der Waals surface area contributed by atoms with Gasteiger partial charge >= 0.3 is 6.36 Å². The fraction of sp³-hybridized carbons (Fsp3) is 0.250. The standard InChI is InChI=1S/C28H26F3N3OS/c1-18(2)24-7-5-4-6-21(24)15-23(36)17-32-16-19-8-13-26-25(14-19)33-27(34(26)3)20-9-11-22(12-10-20)35-28(29,30)31/h4-14,16,18H,15,17H2,1-3H3. The topological polar surface area (TPSA) is 39.4 Å². The van der Waals surface area contributed by atoms with Gasteiger partial charge in [-0.1, -0.05) is 56.4 Å². The number of alkyl halides is 3. The number of aliphatic imine (C=N–C) groups is 1. The Hall–Kier alpha value is -3.52. The molecule has 0 fully saturated rings. The van der Waals surface area contributed by atoms with Crippen LogP contribution in [0, 0.1) is 0 Å². The van der Waals surface area contributed by atoms with Crippen LogP contribution in [0.1, 0.15) is 36.5 Å². The van der Waals surface area contributed by atoms with Crippen molar-refractivity contribution < 1.29 is 17.9 Å². The van der Waals surface area contributed by atoms with Crippen LogP contribution in [0.15, 0.2) is 71.7 Å². The third kappa shape index (κ3) is 6.18. The molecular formula is C28H26F3N3OS. The molecule has 36 heavy (non-hydrogen) atoms. The van der Waals surface area contributed by atoms with Crippen molar-refractivity contribution in [3.8, 4) is 17.1 Å². The molecule has 4 nitrogen and oxygen atoms in total. The smallest absolute Gasteiger partial charge is 0.406 e. The van der Waals surface area contributed by atoms with E-state index in [1.807, 2.05) is 35.9 Å². The van der Waals surface area contributed by atoms with E-state index < -0.39 is 6.36 Å². The van der Waals surface area contributed by atoms with Crippen molar-refractivity contribution in [2.75, 3.05) is 6.54 Å². The number of benzene rings is 3.